The Hall–Kier alpha value is -3.14. The zero-order valence-electron chi connectivity index (χ0n) is 17.1. The van der Waals surface area contributed by atoms with Gasteiger partial charge in [0.2, 0.25) is 5.91 Å². The number of amides is 2. The molecule has 2 aromatic rings. The average Bonchev–Trinajstić information content (AvgIpc) is 2.69. The summed E-state index contributed by atoms with van der Waals surface area (Å²) in [5, 5.41) is 0. The van der Waals surface area contributed by atoms with Crippen molar-refractivity contribution in [3.63, 3.8) is 0 Å². The number of hydrogen-bond donors (Lipinski definition) is 1. The Morgan fingerprint density at radius 3 is 2.65 bits per heavy atom. The summed E-state index contributed by atoms with van der Waals surface area (Å²) in [5.41, 5.74) is 5.51. The maximum absolute atomic E-state index is 13.2. The lowest BCUT2D eigenvalue weighted by Crippen LogP contribution is -2.54. The third-order valence-corrected chi connectivity index (χ3v) is 5.29. The molecule has 1 aliphatic heterocycles. The van der Waals surface area contributed by atoms with E-state index in [1.165, 1.54) is 36.4 Å². The number of nitrogens with two attached hydrogens (primary N) is 1. The molecule has 1 saturated heterocycles. The van der Waals surface area contributed by atoms with Gasteiger partial charge in [-0.3, -0.25) is 14.7 Å². The van der Waals surface area contributed by atoms with Crippen LogP contribution in [0.5, 0.6) is 5.75 Å². The second-order valence-corrected chi connectivity index (χ2v) is 7.51. The van der Waals surface area contributed by atoms with Crippen molar-refractivity contribution in [2.45, 2.75) is 32.6 Å². The van der Waals surface area contributed by atoms with E-state index in [1.807, 2.05) is 11.8 Å². The molecule has 1 atom stereocenters. The molecule has 0 aliphatic carbocycles. The molecule has 0 bridgehead atoms. The zero-order valence-corrected chi connectivity index (χ0v) is 17.1. The Bertz CT molecular complexity index is 981. The third-order valence-electron chi connectivity index (χ3n) is 5.29. The molecular formula is C21H23F3N4O3. The largest absolute Gasteiger partial charge is 0.416 e. The monoisotopic (exact) mass is 436 g/mol. The third kappa shape index (κ3) is 5.32. The number of aromatic nitrogens is 1. The van der Waals surface area contributed by atoms with E-state index in [0.717, 1.165) is 6.07 Å². The van der Waals surface area contributed by atoms with Crippen molar-refractivity contribution >= 4 is 12.0 Å². The summed E-state index contributed by atoms with van der Waals surface area (Å²) in [6.07, 6.45) is -2.40. The van der Waals surface area contributed by atoms with E-state index in [2.05, 4.69) is 4.98 Å². The second kappa shape index (κ2) is 8.93. The van der Waals surface area contributed by atoms with Crippen LogP contribution >= 0.6 is 0 Å². The quantitative estimate of drug-likeness (QED) is 0.795. The first kappa shape index (κ1) is 22.5. The van der Waals surface area contributed by atoms with Gasteiger partial charge in [-0.05, 0) is 37.1 Å². The fraction of sp³-hybridized carbons (Fsp3) is 0.381. The van der Waals surface area contributed by atoms with E-state index in [0.29, 0.717) is 31.7 Å². The smallest absolute Gasteiger partial charge is 0.409 e. The van der Waals surface area contributed by atoms with Gasteiger partial charge in [0.1, 0.15) is 0 Å². The molecule has 2 amide bonds. The van der Waals surface area contributed by atoms with Crippen molar-refractivity contribution in [1.29, 1.82) is 0 Å². The first-order valence-electron chi connectivity index (χ1n) is 9.67. The number of rotatable bonds is 4. The number of carbonyl (C=O) groups is 2. The molecule has 0 unspecified atom stereocenters. The van der Waals surface area contributed by atoms with E-state index in [-0.39, 0.29) is 22.9 Å². The van der Waals surface area contributed by atoms with Crippen molar-refractivity contribution in [3.05, 3.63) is 58.9 Å². The Labute approximate surface area is 177 Å². The number of ether oxygens (including phenoxy) is 1. The van der Waals surface area contributed by atoms with Crippen molar-refractivity contribution in [1.82, 2.24) is 14.8 Å². The predicted molar refractivity (Wildman–Crippen MR) is 106 cm³/mol. The first-order valence-corrected chi connectivity index (χ1v) is 9.67. The first-order chi connectivity index (χ1) is 14.6. The molecule has 1 aromatic heterocycles. The predicted octanol–water partition coefficient (Wildman–Crippen LogP) is 3.21. The van der Waals surface area contributed by atoms with Crippen LogP contribution in [0.4, 0.5) is 18.0 Å². The molecule has 2 heterocycles. The Morgan fingerprint density at radius 1 is 1.26 bits per heavy atom. The molecule has 1 aliphatic rings. The van der Waals surface area contributed by atoms with Crippen molar-refractivity contribution in [2.24, 2.45) is 5.73 Å². The molecule has 0 saturated carbocycles. The van der Waals surface area contributed by atoms with Crippen LogP contribution in [0.3, 0.4) is 0 Å². The molecule has 10 heteroatoms. The Balaban J connectivity index is 1.63. The number of carbonyl (C=O) groups excluding carboxylic acids is 2. The minimum absolute atomic E-state index is 0.107. The van der Waals surface area contributed by atoms with Crippen molar-refractivity contribution in [2.75, 3.05) is 19.6 Å². The summed E-state index contributed by atoms with van der Waals surface area (Å²) in [4.78, 5) is 31.2. The minimum Gasteiger partial charge on any atom is -0.409 e. The van der Waals surface area contributed by atoms with Gasteiger partial charge in [-0.25, -0.2) is 4.79 Å². The number of pyridine rings is 1. The van der Waals surface area contributed by atoms with Gasteiger partial charge in [0.25, 0.3) is 0 Å². The highest BCUT2D eigenvalue weighted by Gasteiger charge is 2.34. The van der Waals surface area contributed by atoms with Crippen molar-refractivity contribution < 1.29 is 27.5 Å². The standard InChI is InChI=1S/C21H23F3N4O3/c1-13-11-27(12-15-4-3-5-18(14(15)2)21(22,23)24)6-7-28(13)20(30)31-17-8-16(19(25)29)9-26-10-17/h3-5,8-10,13H,6-7,11-12H2,1-2H3,(H2,25,29)/t13-/m0/s1. The van der Waals surface area contributed by atoms with Gasteiger partial charge in [-0.2, -0.15) is 13.2 Å². The zero-order chi connectivity index (χ0) is 22.8. The summed E-state index contributed by atoms with van der Waals surface area (Å²) in [6, 6.07) is 5.30. The number of piperazine rings is 1. The van der Waals surface area contributed by atoms with E-state index in [4.69, 9.17) is 10.5 Å². The Morgan fingerprint density at radius 2 is 2.00 bits per heavy atom. The van der Waals surface area contributed by atoms with Gasteiger partial charge < -0.3 is 15.4 Å². The van der Waals surface area contributed by atoms with Gasteiger partial charge in [0, 0.05) is 38.4 Å². The molecule has 31 heavy (non-hydrogen) atoms. The van der Waals surface area contributed by atoms with Gasteiger partial charge >= 0.3 is 12.3 Å². The second-order valence-electron chi connectivity index (χ2n) is 7.51. The number of alkyl halides is 3. The van der Waals surface area contributed by atoms with Crippen LogP contribution in [0.15, 0.2) is 36.7 Å². The molecule has 1 fully saturated rings. The van der Waals surface area contributed by atoms with E-state index in [1.54, 1.807) is 6.07 Å². The molecule has 0 radical (unpaired) electrons. The lowest BCUT2D eigenvalue weighted by atomic mass is 10.0. The van der Waals surface area contributed by atoms with Crippen LogP contribution in [0.2, 0.25) is 0 Å². The summed E-state index contributed by atoms with van der Waals surface area (Å²) in [7, 11) is 0. The average molecular weight is 436 g/mol. The summed E-state index contributed by atoms with van der Waals surface area (Å²) >= 11 is 0. The lowest BCUT2D eigenvalue weighted by Gasteiger charge is -2.39. The number of nitrogens with zero attached hydrogens (tertiary/aromatic N) is 3. The van der Waals surface area contributed by atoms with Crippen LogP contribution in [0, 0.1) is 6.92 Å². The molecule has 7 nitrogen and oxygen atoms in total. The summed E-state index contributed by atoms with van der Waals surface area (Å²) in [5.74, 6) is -0.576. The van der Waals surface area contributed by atoms with E-state index < -0.39 is 23.7 Å². The van der Waals surface area contributed by atoms with Crippen LogP contribution in [0.1, 0.15) is 34.0 Å². The normalized spacial score (nSPS) is 17.5. The number of hydrogen-bond acceptors (Lipinski definition) is 5. The molecular weight excluding hydrogens is 413 g/mol. The number of benzene rings is 1. The van der Waals surface area contributed by atoms with Crippen LogP contribution in [-0.2, 0) is 12.7 Å². The lowest BCUT2D eigenvalue weighted by molar-refractivity contribution is -0.138. The van der Waals surface area contributed by atoms with Gasteiger partial charge in [-0.1, -0.05) is 12.1 Å². The SMILES string of the molecule is Cc1c(CN2CCN(C(=O)Oc3cncc(C(N)=O)c3)[C@@H](C)C2)cccc1C(F)(F)F. The topological polar surface area (TPSA) is 88.8 Å². The molecule has 3 rings (SSSR count). The summed E-state index contributed by atoms with van der Waals surface area (Å²) < 4.78 is 44.8. The van der Waals surface area contributed by atoms with Crippen LogP contribution < -0.4 is 10.5 Å². The van der Waals surface area contributed by atoms with Gasteiger partial charge in [0.05, 0.1) is 17.3 Å². The summed E-state index contributed by atoms with van der Waals surface area (Å²) in [6.45, 7) is 4.97. The maximum atomic E-state index is 13.2. The highest BCUT2D eigenvalue weighted by molar-refractivity contribution is 5.92. The minimum atomic E-state index is -4.39. The maximum Gasteiger partial charge on any atom is 0.416 e. The number of halogens is 3. The number of primary amides is 1. The molecule has 2 N–H and O–H groups in total. The van der Waals surface area contributed by atoms with E-state index >= 15 is 0 Å². The molecule has 0 spiro atoms. The molecule has 166 valence electrons. The highest BCUT2D eigenvalue weighted by atomic mass is 19.4. The van der Waals surface area contributed by atoms with Gasteiger partial charge in [0.15, 0.2) is 5.75 Å². The highest BCUT2D eigenvalue weighted by Crippen LogP contribution is 2.33. The van der Waals surface area contributed by atoms with Crippen LogP contribution in [-0.4, -0.2) is 52.5 Å². The fourth-order valence-electron chi connectivity index (χ4n) is 3.62. The van der Waals surface area contributed by atoms with Crippen molar-refractivity contribution in [3.8, 4) is 5.75 Å². The molecule has 1 aromatic carbocycles. The fourth-order valence-corrected chi connectivity index (χ4v) is 3.62. The van der Waals surface area contributed by atoms with Gasteiger partial charge in [-0.15, -0.1) is 0 Å². The Kier molecular flexibility index (Phi) is 6.49. The van der Waals surface area contributed by atoms with Crippen LogP contribution in [0.25, 0.3) is 0 Å². The van der Waals surface area contributed by atoms with E-state index in [9.17, 15) is 22.8 Å².